The monoisotopic (exact) mass is 345 g/mol. The van der Waals surface area contributed by atoms with Gasteiger partial charge in [-0.15, -0.1) is 0 Å². The molecule has 0 aromatic heterocycles. The lowest BCUT2D eigenvalue weighted by Crippen LogP contribution is -2.30. The van der Waals surface area contributed by atoms with E-state index in [2.05, 4.69) is 5.32 Å². The Labute approximate surface area is 139 Å². The van der Waals surface area contributed by atoms with E-state index in [1.165, 1.54) is 6.07 Å². The predicted molar refractivity (Wildman–Crippen MR) is 88.1 cm³/mol. The number of benzene rings is 2. The summed E-state index contributed by atoms with van der Waals surface area (Å²) in [7, 11) is 1.84. The van der Waals surface area contributed by atoms with Crippen LogP contribution in [0.3, 0.4) is 0 Å². The van der Waals surface area contributed by atoms with Crippen molar-refractivity contribution in [2.75, 3.05) is 7.05 Å². The molecule has 2 aromatic rings. The zero-order chi connectivity index (χ0) is 15.4. The summed E-state index contributed by atoms with van der Waals surface area (Å²) in [5.41, 5.74) is 1.48. The maximum atomic E-state index is 13.9. The minimum Gasteiger partial charge on any atom is -0.316 e. The molecular formula is C16H15Cl3FN. The van der Waals surface area contributed by atoms with Crippen molar-refractivity contribution in [2.45, 2.75) is 18.9 Å². The van der Waals surface area contributed by atoms with E-state index < -0.39 is 0 Å². The molecule has 0 aliphatic carbocycles. The second kappa shape index (κ2) is 7.46. The minimum atomic E-state index is -0.298. The van der Waals surface area contributed by atoms with Gasteiger partial charge in [0.15, 0.2) is 0 Å². The smallest absolute Gasteiger partial charge is 0.127 e. The SMILES string of the molecule is CNC(Cc1ccc(Cl)cc1F)Cc1c(Cl)cccc1Cl. The zero-order valence-corrected chi connectivity index (χ0v) is 13.7. The van der Waals surface area contributed by atoms with Gasteiger partial charge in [-0.05, 0) is 55.3 Å². The molecule has 112 valence electrons. The molecule has 21 heavy (non-hydrogen) atoms. The van der Waals surface area contributed by atoms with Gasteiger partial charge in [0.2, 0.25) is 0 Å². The summed E-state index contributed by atoms with van der Waals surface area (Å²) >= 11 is 18.1. The summed E-state index contributed by atoms with van der Waals surface area (Å²) in [5, 5.41) is 4.82. The van der Waals surface area contributed by atoms with Crippen LogP contribution in [0.15, 0.2) is 36.4 Å². The van der Waals surface area contributed by atoms with Gasteiger partial charge < -0.3 is 5.32 Å². The summed E-state index contributed by atoms with van der Waals surface area (Å²) in [6.07, 6.45) is 1.15. The number of likely N-dealkylation sites (N-methyl/N-ethyl adjacent to an activating group) is 1. The molecule has 2 aromatic carbocycles. The van der Waals surface area contributed by atoms with Crippen molar-refractivity contribution in [3.05, 3.63) is 68.4 Å². The average Bonchev–Trinajstić information content (AvgIpc) is 2.44. The Hall–Kier alpha value is -0.800. The highest BCUT2D eigenvalue weighted by Gasteiger charge is 2.15. The molecule has 2 rings (SSSR count). The summed E-state index contributed by atoms with van der Waals surface area (Å²) in [6, 6.07) is 10.2. The number of hydrogen-bond donors (Lipinski definition) is 1. The summed E-state index contributed by atoms with van der Waals surface area (Å²) in [6.45, 7) is 0. The van der Waals surface area contributed by atoms with Crippen molar-refractivity contribution < 1.29 is 4.39 Å². The van der Waals surface area contributed by atoms with Gasteiger partial charge >= 0.3 is 0 Å². The molecule has 5 heteroatoms. The van der Waals surface area contributed by atoms with Gasteiger partial charge in [0.1, 0.15) is 5.82 Å². The molecular weight excluding hydrogens is 332 g/mol. The Balaban J connectivity index is 2.17. The fraction of sp³-hybridized carbons (Fsp3) is 0.250. The molecule has 0 aliphatic rings. The highest BCUT2D eigenvalue weighted by atomic mass is 35.5. The van der Waals surface area contributed by atoms with E-state index in [1.807, 2.05) is 7.05 Å². The van der Waals surface area contributed by atoms with E-state index in [0.717, 1.165) is 5.56 Å². The number of halogens is 4. The van der Waals surface area contributed by atoms with E-state index in [4.69, 9.17) is 34.8 Å². The van der Waals surface area contributed by atoms with Gasteiger partial charge in [-0.2, -0.15) is 0 Å². The Morgan fingerprint density at radius 2 is 1.71 bits per heavy atom. The molecule has 1 atom stereocenters. The van der Waals surface area contributed by atoms with E-state index >= 15 is 0 Å². The number of nitrogens with one attached hydrogen (secondary N) is 1. The summed E-state index contributed by atoms with van der Waals surface area (Å²) < 4.78 is 13.9. The summed E-state index contributed by atoms with van der Waals surface area (Å²) in [4.78, 5) is 0. The minimum absolute atomic E-state index is 0.0260. The molecule has 0 amide bonds. The lowest BCUT2D eigenvalue weighted by atomic mass is 9.98. The van der Waals surface area contributed by atoms with E-state index in [1.54, 1.807) is 30.3 Å². The first-order valence-electron chi connectivity index (χ1n) is 6.55. The molecule has 0 aliphatic heterocycles. The molecule has 0 saturated carbocycles. The third kappa shape index (κ3) is 4.33. The summed E-state index contributed by atoms with van der Waals surface area (Å²) in [5.74, 6) is -0.298. The molecule has 1 unspecified atom stereocenters. The molecule has 0 saturated heterocycles. The zero-order valence-electron chi connectivity index (χ0n) is 11.5. The Kier molecular flexibility index (Phi) is 5.88. The first kappa shape index (κ1) is 16.6. The van der Waals surface area contributed by atoms with Crippen LogP contribution in [0, 0.1) is 5.82 Å². The normalized spacial score (nSPS) is 12.4. The molecule has 0 radical (unpaired) electrons. The van der Waals surface area contributed by atoms with Crippen LogP contribution in [0.2, 0.25) is 15.1 Å². The fourth-order valence-corrected chi connectivity index (χ4v) is 2.91. The van der Waals surface area contributed by atoms with Gasteiger partial charge in [0.05, 0.1) is 0 Å². The molecule has 1 nitrogen and oxygen atoms in total. The second-order valence-electron chi connectivity index (χ2n) is 4.83. The van der Waals surface area contributed by atoms with Crippen molar-refractivity contribution in [1.29, 1.82) is 0 Å². The Morgan fingerprint density at radius 3 is 2.29 bits per heavy atom. The fourth-order valence-electron chi connectivity index (χ4n) is 2.20. The predicted octanol–water partition coefficient (Wildman–Crippen LogP) is 5.16. The molecule has 0 spiro atoms. The standard InChI is InChI=1S/C16H15Cl3FN/c1-21-12(7-10-5-6-11(17)8-16(10)20)9-13-14(18)3-2-4-15(13)19/h2-6,8,12,21H,7,9H2,1H3. The van der Waals surface area contributed by atoms with Crippen LogP contribution in [0.25, 0.3) is 0 Å². The highest BCUT2D eigenvalue weighted by Crippen LogP contribution is 2.26. The molecule has 0 fully saturated rings. The maximum absolute atomic E-state index is 13.9. The second-order valence-corrected chi connectivity index (χ2v) is 6.08. The van der Waals surface area contributed by atoms with Crippen molar-refractivity contribution in [3.63, 3.8) is 0 Å². The van der Waals surface area contributed by atoms with Gasteiger partial charge in [0, 0.05) is 21.1 Å². The first-order valence-corrected chi connectivity index (χ1v) is 7.68. The third-order valence-electron chi connectivity index (χ3n) is 3.40. The molecule has 1 N–H and O–H groups in total. The largest absolute Gasteiger partial charge is 0.316 e. The van der Waals surface area contributed by atoms with Crippen molar-refractivity contribution >= 4 is 34.8 Å². The van der Waals surface area contributed by atoms with Gasteiger partial charge in [-0.25, -0.2) is 4.39 Å². The van der Waals surface area contributed by atoms with Crippen LogP contribution in [-0.4, -0.2) is 13.1 Å². The topological polar surface area (TPSA) is 12.0 Å². The first-order chi connectivity index (χ1) is 10.0. The lowest BCUT2D eigenvalue weighted by Gasteiger charge is -2.18. The van der Waals surface area contributed by atoms with Crippen LogP contribution in [0.5, 0.6) is 0 Å². The molecule has 0 bridgehead atoms. The van der Waals surface area contributed by atoms with Crippen LogP contribution < -0.4 is 5.32 Å². The van der Waals surface area contributed by atoms with Gasteiger partial charge in [-0.3, -0.25) is 0 Å². The maximum Gasteiger partial charge on any atom is 0.127 e. The van der Waals surface area contributed by atoms with Crippen molar-refractivity contribution in [2.24, 2.45) is 0 Å². The Bertz CT molecular complexity index is 611. The number of hydrogen-bond acceptors (Lipinski definition) is 1. The number of rotatable bonds is 5. The Morgan fingerprint density at radius 1 is 1.05 bits per heavy atom. The average molecular weight is 347 g/mol. The van der Waals surface area contributed by atoms with Gasteiger partial charge in [0.25, 0.3) is 0 Å². The van der Waals surface area contributed by atoms with E-state index in [0.29, 0.717) is 33.5 Å². The van der Waals surface area contributed by atoms with Crippen LogP contribution in [0.1, 0.15) is 11.1 Å². The molecule has 0 heterocycles. The van der Waals surface area contributed by atoms with Crippen molar-refractivity contribution in [3.8, 4) is 0 Å². The van der Waals surface area contributed by atoms with Crippen molar-refractivity contribution in [1.82, 2.24) is 5.32 Å². The van der Waals surface area contributed by atoms with E-state index in [-0.39, 0.29) is 11.9 Å². The highest BCUT2D eigenvalue weighted by molar-refractivity contribution is 6.36. The van der Waals surface area contributed by atoms with Crippen LogP contribution in [0.4, 0.5) is 4.39 Å². The lowest BCUT2D eigenvalue weighted by molar-refractivity contribution is 0.532. The van der Waals surface area contributed by atoms with Crippen LogP contribution >= 0.6 is 34.8 Å². The van der Waals surface area contributed by atoms with E-state index in [9.17, 15) is 4.39 Å². The quantitative estimate of drug-likeness (QED) is 0.788. The van der Waals surface area contributed by atoms with Crippen LogP contribution in [-0.2, 0) is 12.8 Å². The third-order valence-corrected chi connectivity index (χ3v) is 4.35. The van der Waals surface area contributed by atoms with Gasteiger partial charge in [-0.1, -0.05) is 46.9 Å².